The van der Waals surface area contributed by atoms with Gasteiger partial charge in [0.05, 0.1) is 13.2 Å². The molecule has 2 aromatic carbocycles. The highest BCUT2D eigenvalue weighted by atomic mass is 32.1. The predicted octanol–water partition coefficient (Wildman–Crippen LogP) is 3.38. The Morgan fingerprint density at radius 2 is 1.96 bits per heavy atom. The molecular weight excluding hydrogens is 356 g/mol. The smallest absolute Gasteiger partial charge is 0.221 e. The molecule has 5 nitrogen and oxygen atoms in total. The van der Waals surface area contributed by atoms with Gasteiger partial charge in [-0.3, -0.25) is 5.10 Å². The normalized spacial score (nSPS) is 19.3. The van der Waals surface area contributed by atoms with E-state index in [1.165, 1.54) is 23.3 Å². The number of rotatable bonds is 6. The number of benzene rings is 2. The van der Waals surface area contributed by atoms with Crippen molar-refractivity contribution in [1.29, 1.82) is 0 Å². The number of ether oxygens (including phenoxy) is 1. The maximum atomic E-state index is 5.57. The predicted molar refractivity (Wildman–Crippen MR) is 108 cm³/mol. The fraction of sp³-hybridized carbons (Fsp3) is 0.333. The number of aromatic nitrogens is 3. The molecule has 2 heterocycles. The van der Waals surface area contributed by atoms with Gasteiger partial charge >= 0.3 is 0 Å². The lowest BCUT2D eigenvalue weighted by atomic mass is 10.0. The van der Waals surface area contributed by atoms with Crippen LogP contribution in [0.2, 0.25) is 0 Å². The summed E-state index contributed by atoms with van der Waals surface area (Å²) in [5, 5.41) is 3.38. The maximum absolute atomic E-state index is 5.57. The van der Waals surface area contributed by atoms with Gasteiger partial charge in [0.25, 0.3) is 0 Å². The summed E-state index contributed by atoms with van der Waals surface area (Å²) in [5.74, 6) is 1.76. The molecule has 4 rings (SSSR count). The first-order valence-corrected chi connectivity index (χ1v) is 9.95. The van der Waals surface area contributed by atoms with E-state index in [9.17, 15) is 0 Å². The summed E-state index contributed by atoms with van der Waals surface area (Å²) in [6.07, 6.45) is 2.41. The number of hydrogen-bond acceptors (Lipinski definition) is 3. The highest BCUT2D eigenvalue weighted by Crippen LogP contribution is 2.22. The fourth-order valence-corrected chi connectivity index (χ4v) is 4.06. The molecular formula is C21H25N4OS+. The molecule has 3 aromatic rings. The van der Waals surface area contributed by atoms with Gasteiger partial charge in [0.2, 0.25) is 4.77 Å². The summed E-state index contributed by atoms with van der Waals surface area (Å²) in [6.45, 7) is 4.65. The highest BCUT2D eigenvalue weighted by Gasteiger charge is 2.30. The number of H-pyrrole nitrogens is 1. The van der Waals surface area contributed by atoms with Gasteiger partial charge in [-0.2, -0.15) is 4.98 Å². The number of likely N-dealkylation sites (tertiary alicyclic amines) is 1. The lowest BCUT2D eigenvalue weighted by molar-refractivity contribution is -0.941. The van der Waals surface area contributed by atoms with Gasteiger partial charge in [0, 0.05) is 24.0 Å². The Hall–Kier alpha value is -2.44. The van der Waals surface area contributed by atoms with Gasteiger partial charge in [-0.25, -0.2) is 4.68 Å². The van der Waals surface area contributed by atoms with E-state index >= 15 is 0 Å². The van der Waals surface area contributed by atoms with Crippen LogP contribution in [0, 0.1) is 4.77 Å². The van der Waals surface area contributed by atoms with Crippen LogP contribution in [0.5, 0.6) is 5.75 Å². The molecule has 140 valence electrons. The molecule has 27 heavy (non-hydrogen) atoms. The molecule has 0 radical (unpaired) electrons. The van der Waals surface area contributed by atoms with Crippen molar-refractivity contribution in [3.8, 4) is 17.1 Å². The van der Waals surface area contributed by atoms with E-state index in [-0.39, 0.29) is 0 Å². The molecule has 2 atom stereocenters. The topological polar surface area (TPSA) is 47.3 Å². The monoisotopic (exact) mass is 381 g/mol. The second-order valence-electron chi connectivity index (χ2n) is 6.91. The van der Waals surface area contributed by atoms with Crippen LogP contribution in [0.3, 0.4) is 0 Å². The van der Waals surface area contributed by atoms with Gasteiger partial charge in [-0.15, -0.1) is 0 Å². The average molecular weight is 382 g/mol. The summed E-state index contributed by atoms with van der Waals surface area (Å²) in [5.41, 5.74) is 2.42. The molecule has 0 aliphatic carbocycles. The third-order valence-electron chi connectivity index (χ3n) is 5.16. The Kier molecular flexibility index (Phi) is 5.36. The Balaban J connectivity index is 1.52. The minimum Gasteiger partial charge on any atom is -0.494 e. The van der Waals surface area contributed by atoms with Gasteiger partial charge < -0.3 is 9.64 Å². The molecule has 0 saturated carbocycles. The van der Waals surface area contributed by atoms with E-state index in [4.69, 9.17) is 17.0 Å². The maximum Gasteiger partial charge on any atom is 0.221 e. The van der Waals surface area contributed by atoms with Crippen molar-refractivity contribution < 1.29 is 9.64 Å². The first-order valence-electron chi connectivity index (χ1n) is 9.54. The molecule has 1 aromatic heterocycles. The van der Waals surface area contributed by atoms with E-state index in [1.54, 1.807) is 0 Å². The summed E-state index contributed by atoms with van der Waals surface area (Å²) < 4.78 is 8.18. The lowest BCUT2D eigenvalue weighted by Gasteiger charge is -2.22. The third kappa shape index (κ3) is 3.96. The number of aromatic amines is 1. The number of quaternary nitrogens is 1. The van der Waals surface area contributed by atoms with Crippen molar-refractivity contribution in [2.75, 3.05) is 13.2 Å². The number of hydrogen-bond donors (Lipinski definition) is 2. The van der Waals surface area contributed by atoms with Crippen molar-refractivity contribution in [3.63, 3.8) is 0 Å². The minimum atomic E-state index is 0.478. The zero-order valence-electron chi connectivity index (χ0n) is 15.5. The van der Waals surface area contributed by atoms with E-state index < -0.39 is 0 Å². The van der Waals surface area contributed by atoms with Crippen molar-refractivity contribution >= 4 is 12.2 Å². The molecule has 1 aliphatic rings. The number of nitrogens with one attached hydrogen (secondary N) is 2. The molecule has 1 unspecified atom stereocenters. The molecule has 1 saturated heterocycles. The van der Waals surface area contributed by atoms with E-state index in [0.717, 1.165) is 30.4 Å². The largest absolute Gasteiger partial charge is 0.494 e. The molecule has 1 fully saturated rings. The Morgan fingerprint density at radius 3 is 2.70 bits per heavy atom. The Morgan fingerprint density at radius 1 is 1.19 bits per heavy atom. The summed E-state index contributed by atoms with van der Waals surface area (Å²) in [4.78, 5) is 6.06. The zero-order valence-corrected chi connectivity index (χ0v) is 16.3. The average Bonchev–Trinajstić information content (AvgIpc) is 3.31. The molecule has 2 N–H and O–H groups in total. The highest BCUT2D eigenvalue weighted by molar-refractivity contribution is 7.71. The first-order chi connectivity index (χ1) is 13.2. The van der Waals surface area contributed by atoms with Gasteiger partial charge in [0.15, 0.2) is 12.5 Å². The van der Waals surface area contributed by atoms with Crippen LogP contribution in [0.15, 0.2) is 54.6 Å². The van der Waals surface area contributed by atoms with Crippen molar-refractivity contribution in [2.24, 2.45) is 0 Å². The van der Waals surface area contributed by atoms with Crippen LogP contribution in [0.1, 0.15) is 31.4 Å². The molecule has 0 bridgehead atoms. The minimum absolute atomic E-state index is 0.478. The fourth-order valence-electron chi connectivity index (χ4n) is 3.86. The SMILES string of the molecule is CCOc1ccc([C@@H]2CCC[NH+]2Cn2[nH]c(-c3ccccc3)nc2=S)cc1. The van der Waals surface area contributed by atoms with E-state index in [1.807, 2.05) is 41.9 Å². The Labute approximate surface area is 164 Å². The standard InChI is InChI=1S/C21H24N4OS/c1-2-26-18-12-10-16(11-13-18)19-9-6-14-24(19)15-25-21(27)22-20(23-25)17-7-4-3-5-8-17/h3-5,7-8,10-13,19H,2,6,9,14-15H2,1H3,(H,22,23,27)/p+1/t19-/m0/s1. The van der Waals surface area contributed by atoms with Crippen LogP contribution < -0.4 is 9.64 Å². The molecule has 1 aliphatic heterocycles. The van der Waals surface area contributed by atoms with Crippen LogP contribution >= 0.6 is 12.2 Å². The van der Waals surface area contributed by atoms with Crippen molar-refractivity contribution in [2.45, 2.75) is 32.5 Å². The lowest BCUT2D eigenvalue weighted by Crippen LogP contribution is -3.09. The van der Waals surface area contributed by atoms with Gasteiger partial charge in [0.1, 0.15) is 11.8 Å². The summed E-state index contributed by atoms with van der Waals surface area (Å²) in [7, 11) is 0. The van der Waals surface area contributed by atoms with Crippen molar-refractivity contribution in [3.05, 3.63) is 64.9 Å². The second kappa shape index (κ2) is 8.06. The molecule has 0 amide bonds. The summed E-state index contributed by atoms with van der Waals surface area (Å²) >= 11 is 5.50. The summed E-state index contributed by atoms with van der Waals surface area (Å²) in [6, 6.07) is 19.1. The van der Waals surface area contributed by atoms with Crippen molar-refractivity contribution in [1.82, 2.24) is 14.8 Å². The zero-order chi connectivity index (χ0) is 18.6. The first kappa shape index (κ1) is 17.9. The third-order valence-corrected chi connectivity index (χ3v) is 5.48. The quantitative estimate of drug-likeness (QED) is 0.644. The van der Waals surface area contributed by atoms with Crippen LogP contribution in [0.25, 0.3) is 11.4 Å². The van der Waals surface area contributed by atoms with Crippen LogP contribution in [-0.2, 0) is 6.67 Å². The van der Waals surface area contributed by atoms with Crippen LogP contribution in [-0.4, -0.2) is 27.9 Å². The van der Waals surface area contributed by atoms with Gasteiger partial charge in [-0.1, -0.05) is 30.3 Å². The Bertz CT molecular complexity index is 933. The molecule has 0 spiro atoms. The molecule has 6 heteroatoms. The van der Waals surface area contributed by atoms with E-state index in [0.29, 0.717) is 17.4 Å². The van der Waals surface area contributed by atoms with E-state index in [2.05, 4.69) is 34.3 Å². The van der Waals surface area contributed by atoms with Gasteiger partial charge in [-0.05, 0) is 43.4 Å². The number of nitrogens with zero attached hydrogens (tertiary/aromatic N) is 2. The second-order valence-corrected chi connectivity index (χ2v) is 7.28. The van der Waals surface area contributed by atoms with Crippen LogP contribution in [0.4, 0.5) is 0 Å².